The summed E-state index contributed by atoms with van der Waals surface area (Å²) < 4.78 is 0. The van der Waals surface area contributed by atoms with E-state index in [2.05, 4.69) is 36.3 Å². The van der Waals surface area contributed by atoms with Gasteiger partial charge in [-0.3, -0.25) is 4.79 Å². The first-order valence-corrected chi connectivity index (χ1v) is 8.28. The van der Waals surface area contributed by atoms with Crippen LogP contribution in [0.5, 0.6) is 0 Å². The summed E-state index contributed by atoms with van der Waals surface area (Å²) in [5, 5.41) is 3.64. The Morgan fingerprint density at radius 1 is 1.36 bits per heavy atom. The molecule has 2 heterocycles. The van der Waals surface area contributed by atoms with Crippen LogP contribution in [-0.2, 0) is 19.5 Å². The molecule has 116 valence electrons. The smallest absolute Gasteiger partial charge is 0.254 e. The highest BCUT2D eigenvalue weighted by Gasteiger charge is 2.25. The minimum atomic E-state index is -0.0554. The van der Waals surface area contributed by atoms with Gasteiger partial charge < -0.3 is 16.0 Å². The third-order valence-corrected chi connectivity index (χ3v) is 5.12. The molecule has 3 rings (SSSR count). The number of hydrogen-bond donors (Lipinski definition) is 2. The van der Waals surface area contributed by atoms with Crippen molar-refractivity contribution in [2.45, 2.75) is 26.4 Å². The number of nitrogens with two attached hydrogens (primary N) is 1. The predicted molar refractivity (Wildman–Crippen MR) is 91.1 cm³/mol. The third-order valence-electron chi connectivity index (χ3n) is 4.08. The van der Waals surface area contributed by atoms with Gasteiger partial charge in [0.2, 0.25) is 0 Å². The van der Waals surface area contributed by atoms with Crippen molar-refractivity contribution in [3.05, 3.63) is 51.4 Å². The number of amides is 1. The van der Waals surface area contributed by atoms with Crippen molar-refractivity contribution in [3.63, 3.8) is 0 Å². The molecule has 1 aliphatic heterocycles. The first-order valence-electron chi connectivity index (χ1n) is 7.47. The van der Waals surface area contributed by atoms with Gasteiger partial charge in [-0.25, -0.2) is 0 Å². The molecule has 1 amide bonds. The second-order valence-electron chi connectivity index (χ2n) is 5.90. The molecule has 0 unspecified atom stereocenters. The van der Waals surface area contributed by atoms with Crippen LogP contribution in [0.3, 0.4) is 0 Å². The number of rotatable bonds is 3. The first kappa shape index (κ1) is 15.1. The van der Waals surface area contributed by atoms with E-state index in [1.165, 1.54) is 10.4 Å². The maximum absolute atomic E-state index is 12.5. The monoisotopic (exact) mass is 315 g/mol. The fourth-order valence-corrected chi connectivity index (χ4v) is 3.97. The lowest BCUT2D eigenvalue weighted by Gasteiger charge is -2.22. The molecule has 1 aromatic carbocycles. The van der Waals surface area contributed by atoms with Gasteiger partial charge in [-0.15, -0.1) is 11.3 Å². The minimum absolute atomic E-state index is 0.0554. The summed E-state index contributed by atoms with van der Waals surface area (Å²) in [4.78, 5) is 16.0. The van der Waals surface area contributed by atoms with Crippen LogP contribution >= 0.6 is 11.3 Å². The van der Waals surface area contributed by atoms with Gasteiger partial charge in [0, 0.05) is 24.5 Å². The fraction of sp³-hybridized carbons (Fsp3) is 0.353. The molecule has 4 nitrogen and oxygen atoms in total. The van der Waals surface area contributed by atoms with Crippen LogP contribution in [0.25, 0.3) is 0 Å². The largest absolute Gasteiger partial charge is 0.390 e. The van der Waals surface area contributed by atoms with Crippen molar-refractivity contribution in [1.82, 2.24) is 10.2 Å². The van der Waals surface area contributed by atoms with E-state index in [0.29, 0.717) is 17.1 Å². The molecule has 0 saturated heterocycles. The molecule has 0 atom stereocenters. The number of nitrogens with zero attached hydrogens (tertiary/aromatic N) is 1. The van der Waals surface area contributed by atoms with E-state index >= 15 is 0 Å². The molecular weight excluding hydrogens is 294 g/mol. The number of hydrogen-bond acceptors (Lipinski definition) is 4. The van der Waals surface area contributed by atoms with E-state index in [1.54, 1.807) is 11.3 Å². The first-order chi connectivity index (χ1) is 10.5. The van der Waals surface area contributed by atoms with E-state index in [-0.39, 0.29) is 5.91 Å². The Morgan fingerprint density at radius 2 is 2.09 bits per heavy atom. The van der Waals surface area contributed by atoms with E-state index in [0.717, 1.165) is 30.6 Å². The summed E-state index contributed by atoms with van der Waals surface area (Å²) in [5.74, 6) is -0.0554. The number of nitrogens with one attached hydrogen (secondary N) is 1. The average Bonchev–Trinajstić information content (AvgIpc) is 2.81. The summed E-state index contributed by atoms with van der Waals surface area (Å²) >= 11 is 1.55. The van der Waals surface area contributed by atoms with Gasteiger partial charge in [0.05, 0.1) is 10.6 Å². The lowest BCUT2D eigenvalue weighted by atomic mass is 10.0. The quantitative estimate of drug-likeness (QED) is 0.915. The molecule has 0 spiro atoms. The predicted octanol–water partition coefficient (Wildman–Crippen LogP) is 2.56. The summed E-state index contributed by atoms with van der Waals surface area (Å²) in [6.07, 6.45) is 0.896. The molecule has 1 aliphatic rings. The number of benzene rings is 1. The van der Waals surface area contributed by atoms with E-state index in [9.17, 15) is 4.79 Å². The van der Waals surface area contributed by atoms with Crippen LogP contribution in [0.15, 0.2) is 24.3 Å². The number of likely N-dealkylation sites (N-methyl/N-ethyl adjacent to an activating group) is 1. The topological polar surface area (TPSA) is 58.4 Å². The Kier molecular flexibility index (Phi) is 4.18. The summed E-state index contributed by atoms with van der Waals surface area (Å²) in [5.41, 5.74) is 10.2. The van der Waals surface area contributed by atoms with Crippen molar-refractivity contribution in [2.75, 3.05) is 19.3 Å². The Labute approximate surface area is 134 Å². The summed E-state index contributed by atoms with van der Waals surface area (Å²) in [6.45, 7) is 4.44. The van der Waals surface area contributed by atoms with Crippen LogP contribution in [0.2, 0.25) is 0 Å². The normalized spacial score (nSPS) is 14.6. The Morgan fingerprint density at radius 3 is 2.82 bits per heavy atom. The van der Waals surface area contributed by atoms with Crippen LogP contribution < -0.4 is 11.1 Å². The maximum Gasteiger partial charge on any atom is 0.254 e. The summed E-state index contributed by atoms with van der Waals surface area (Å²) in [6, 6.07) is 8.18. The Balaban J connectivity index is 1.74. The van der Waals surface area contributed by atoms with Crippen molar-refractivity contribution >= 4 is 22.2 Å². The zero-order valence-corrected chi connectivity index (χ0v) is 13.8. The Bertz CT molecular complexity index is 691. The molecule has 0 saturated carbocycles. The van der Waals surface area contributed by atoms with Gasteiger partial charge in [-0.1, -0.05) is 29.8 Å². The highest BCUT2D eigenvalue weighted by molar-refractivity contribution is 7.16. The van der Waals surface area contributed by atoms with Crippen LogP contribution in [0.4, 0.5) is 5.00 Å². The number of carbonyl (C=O) groups excluding carboxylic acids is 1. The highest BCUT2D eigenvalue weighted by atomic mass is 32.1. The zero-order chi connectivity index (χ0) is 15.7. The number of nitrogen functional groups attached to an aromatic ring is 1. The fourth-order valence-electron chi connectivity index (χ4n) is 2.78. The zero-order valence-electron chi connectivity index (χ0n) is 13.0. The summed E-state index contributed by atoms with van der Waals surface area (Å²) in [7, 11) is 2.09. The molecule has 3 N–H and O–H groups in total. The number of fused-ring (bicyclic) bond motifs is 1. The third kappa shape index (κ3) is 3.00. The second-order valence-corrected chi connectivity index (χ2v) is 7.04. The number of anilines is 1. The average molecular weight is 315 g/mol. The molecule has 22 heavy (non-hydrogen) atoms. The van der Waals surface area contributed by atoms with Gasteiger partial charge in [-0.05, 0) is 31.5 Å². The lowest BCUT2D eigenvalue weighted by Crippen LogP contribution is -2.28. The van der Waals surface area contributed by atoms with E-state index in [1.807, 2.05) is 12.1 Å². The van der Waals surface area contributed by atoms with Crippen molar-refractivity contribution < 1.29 is 4.79 Å². The standard InChI is InChI=1S/C17H21N3OS/c1-11-3-5-12(6-4-11)9-19-17(21)15-13-7-8-20(2)10-14(13)22-16(15)18/h3-6H,7-10,18H2,1-2H3,(H,19,21). The second kappa shape index (κ2) is 6.10. The number of carbonyl (C=O) groups is 1. The van der Waals surface area contributed by atoms with Gasteiger partial charge in [0.25, 0.3) is 5.91 Å². The van der Waals surface area contributed by atoms with Crippen molar-refractivity contribution in [2.24, 2.45) is 0 Å². The molecule has 1 aromatic heterocycles. The van der Waals surface area contributed by atoms with Gasteiger partial charge in [0.15, 0.2) is 0 Å². The molecular formula is C17H21N3OS. The molecule has 0 radical (unpaired) electrons. The van der Waals surface area contributed by atoms with Gasteiger partial charge >= 0.3 is 0 Å². The molecule has 0 aliphatic carbocycles. The Hall–Kier alpha value is -1.85. The number of aryl methyl sites for hydroxylation is 1. The van der Waals surface area contributed by atoms with E-state index in [4.69, 9.17) is 5.73 Å². The lowest BCUT2D eigenvalue weighted by molar-refractivity contribution is 0.0950. The van der Waals surface area contributed by atoms with Crippen LogP contribution in [-0.4, -0.2) is 24.4 Å². The minimum Gasteiger partial charge on any atom is -0.390 e. The van der Waals surface area contributed by atoms with E-state index < -0.39 is 0 Å². The van der Waals surface area contributed by atoms with Crippen molar-refractivity contribution in [1.29, 1.82) is 0 Å². The van der Waals surface area contributed by atoms with Gasteiger partial charge in [0.1, 0.15) is 0 Å². The van der Waals surface area contributed by atoms with Crippen LogP contribution in [0.1, 0.15) is 31.9 Å². The SMILES string of the molecule is Cc1ccc(CNC(=O)c2c(N)sc3c2CCN(C)C3)cc1. The maximum atomic E-state index is 12.5. The van der Waals surface area contributed by atoms with Gasteiger partial charge in [-0.2, -0.15) is 0 Å². The molecule has 2 aromatic rings. The molecule has 0 fully saturated rings. The highest BCUT2D eigenvalue weighted by Crippen LogP contribution is 2.34. The number of thiophene rings is 1. The molecule has 5 heteroatoms. The van der Waals surface area contributed by atoms with Crippen molar-refractivity contribution in [3.8, 4) is 0 Å². The molecule has 0 bridgehead atoms. The van der Waals surface area contributed by atoms with Crippen LogP contribution in [0, 0.1) is 6.92 Å².